The number of aliphatic carboxylic acids is 1. The van der Waals surface area contributed by atoms with Gasteiger partial charge in [0.05, 0.1) is 5.41 Å². The first-order valence-corrected chi connectivity index (χ1v) is 8.40. The molecule has 7 heteroatoms. The zero-order valence-corrected chi connectivity index (χ0v) is 12.9. The van der Waals surface area contributed by atoms with Crippen molar-refractivity contribution in [3.8, 4) is 0 Å². The predicted molar refractivity (Wildman–Crippen MR) is 82.4 cm³/mol. The van der Waals surface area contributed by atoms with E-state index in [2.05, 4.69) is 20.1 Å². The van der Waals surface area contributed by atoms with E-state index in [9.17, 15) is 9.90 Å². The molecule has 3 fully saturated rings. The second-order valence-electron chi connectivity index (χ2n) is 7.09. The van der Waals surface area contributed by atoms with E-state index in [1.54, 1.807) is 6.20 Å². The molecule has 1 aliphatic heterocycles. The van der Waals surface area contributed by atoms with E-state index in [4.69, 9.17) is 0 Å². The van der Waals surface area contributed by atoms with Crippen LogP contribution in [0.15, 0.2) is 12.4 Å². The Morgan fingerprint density at radius 2 is 2.13 bits per heavy atom. The average molecular weight is 313 g/mol. The van der Waals surface area contributed by atoms with Crippen LogP contribution in [0.2, 0.25) is 0 Å². The van der Waals surface area contributed by atoms with Crippen LogP contribution in [0, 0.1) is 5.41 Å². The predicted octanol–water partition coefficient (Wildman–Crippen LogP) is 1.84. The van der Waals surface area contributed by atoms with Crippen molar-refractivity contribution >= 4 is 17.4 Å². The molecule has 7 nitrogen and oxygen atoms in total. The van der Waals surface area contributed by atoms with Gasteiger partial charge >= 0.3 is 5.97 Å². The fraction of sp³-hybridized carbons (Fsp3) is 0.625. The average Bonchev–Trinajstić information content (AvgIpc) is 3.00. The molecule has 1 saturated heterocycles. The number of anilines is 1. The van der Waals surface area contributed by atoms with E-state index < -0.39 is 11.4 Å². The molecule has 0 radical (unpaired) electrons. The van der Waals surface area contributed by atoms with E-state index in [1.165, 1.54) is 12.8 Å². The van der Waals surface area contributed by atoms with Gasteiger partial charge in [0, 0.05) is 30.9 Å². The molecular weight excluding hydrogens is 294 g/mol. The van der Waals surface area contributed by atoms with Gasteiger partial charge in [-0.15, -0.1) is 10.2 Å². The molecular formula is C16H19N5O2. The molecule has 23 heavy (non-hydrogen) atoms. The lowest BCUT2D eigenvalue weighted by atomic mass is 9.82. The molecule has 2 saturated carbocycles. The molecule has 0 unspecified atom stereocenters. The number of aromatic nitrogens is 4. The van der Waals surface area contributed by atoms with Crippen LogP contribution in [-0.4, -0.2) is 43.2 Å². The number of fused-ring (bicyclic) bond motifs is 2. The van der Waals surface area contributed by atoms with E-state index in [0.29, 0.717) is 12.3 Å². The first-order valence-electron chi connectivity index (χ1n) is 8.40. The number of rotatable bonds is 3. The van der Waals surface area contributed by atoms with Crippen LogP contribution in [0.3, 0.4) is 0 Å². The SMILES string of the molecule is O=C(O)[C@]12CCC[C@H]1N(c1nccn3c(C4CC4)nnc13)CC2. The van der Waals surface area contributed by atoms with Crippen molar-refractivity contribution in [2.24, 2.45) is 5.41 Å². The Labute approximate surface area is 133 Å². The van der Waals surface area contributed by atoms with E-state index >= 15 is 0 Å². The first kappa shape index (κ1) is 13.3. The van der Waals surface area contributed by atoms with Gasteiger partial charge in [0.1, 0.15) is 5.82 Å². The van der Waals surface area contributed by atoms with Gasteiger partial charge in [0.15, 0.2) is 5.82 Å². The molecule has 2 atom stereocenters. The Kier molecular flexibility index (Phi) is 2.56. The summed E-state index contributed by atoms with van der Waals surface area (Å²) in [5, 5.41) is 18.5. The van der Waals surface area contributed by atoms with Gasteiger partial charge in [-0.2, -0.15) is 0 Å². The van der Waals surface area contributed by atoms with Crippen molar-refractivity contribution in [2.45, 2.75) is 50.5 Å². The topological polar surface area (TPSA) is 83.6 Å². The number of hydrogen-bond acceptors (Lipinski definition) is 5. The molecule has 0 bridgehead atoms. The van der Waals surface area contributed by atoms with Crippen molar-refractivity contribution in [2.75, 3.05) is 11.4 Å². The highest BCUT2D eigenvalue weighted by atomic mass is 16.4. The van der Waals surface area contributed by atoms with Crippen molar-refractivity contribution in [1.29, 1.82) is 0 Å². The smallest absolute Gasteiger partial charge is 0.311 e. The van der Waals surface area contributed by atoms with E-state index in [1.807, 2.05) is 10.6 Å². The van der Waals surface area contributed by atoms with Crippen molar-refractivity contribution in [1.82, 2.24) is 19.6 Å². The summed E-state index contributed by atoms with van der Waals surface area (Å²) in [6, 6.07) is 0.0276. The van der Waals surface area contributed by atoms with Crippen molar-refractivity contribution in [3.63, 3.8) is 0 Å². The molecule has 5 rings (SSSR count). The summed E-state index contributed by atoms with van der Waals surface area (Å²) < 4.78 is 2.04. The summed E-state index contributed by atoms with van der Waals surface area (Å²) in [5.74, 6) is 1.67. The third-order valence-corrected chi connectivity index (χ3v) is 5.89. The number of carboxylic acid groups (broad SMARTS) is 1. The molecule has 3 aliphatic rings. The highest BCUT2D eigenvalue weighted by Crippen LogP contribution is 2.50. The Balaban J connectivity index is 1.60. The Bertz CT molecular complexity index is 799. The Hall–Kier alpha value is -2.18. The van der Waals surface area contributed by atoms with Gasteiger partial charge < -0.3 is 10.0 Å². The second kappa shape index (κ2) is 4.43. The fourth-order valence-electron chi connectivity index (χ4n) is 4.54. The van der Waals surface area contributed by atoms with Gasteiger partial charge in [0.2, 0.25) is 5.65 Å². The lowest BCUT2D eigenvalue weighted by Gasteiger charge is -2.29. The summed E-state index contributed by atoms with van der Waals surface area (Å²) in [6.07, 6.45) is 9.40. The molecule has 0 amide bonds. The number of nitrogens with zero attached hydrogens (tertiary/aromatic N) is 5. The van der Waals surface area contributed by atoms with Crippen LogP contribution in [0.5, 0.6) is 0 Å². The molecule has 2 aromatic rings. The molecule has 2 aliphatic carbocycles. The summed E-state index contributed by atoms with van der Waals surface area (Å²) in [6.45, 7) is 0.731. The van der Waals surface area contributed by atoms with E-state index in [0.717, 1.165) is 43.1 Å². The van der Waals surface area contributed by atoms with Crippen LogP contribution in [0.25, 0.3) is 5.65 Å². The second-order valence-corrected chi connectivity index (χ2v) is 7.09. The standard InChI is InChI=1S/C16H19N5O2/c22-15(23)16-5-1-2-11(16)20(8-6-16)13-14-19-18-12(10-3-4-10)21(14)9-7-17-13/h7,9-11H,1-6,8H2,(H,22,23)/t11-,16+/m1/s1. The highest BCUT2D eigenvalue weighted by molar-refractivity contribution is 5.79. The molecule has 0 spiro atoms. The quantitative estimate of drug-likeness (QED) is 0.931. The third kappa shape index (κ3) is 1.70. The summed E-state index contributed by atoms with van der Waals surface area (Å²) in [4.78, 5) is 18.6. The van der Waals surface area contributed by atoms with Crippen LogP contribution in [-0.2, 0) is 4.79 Å². The monoisotopic (exact) mass is 313 g/mol. The van der Waals surface area contributed by atoms with Gasteiger partial charge in [-0.1, -0.05) is 6.42 Å². The lowest BCUT2D eigenvalue weighted by molar-refractivity contribution is -0.148. The third-order valence-electron chi connectivity index (χ3n) is 5.89. The van der Waals surface area contributed by atoms with Gasteiger partial charge in [-0.3, -0.25) is 9.20 Å². The summed E-state index contributed by atoms with van der Waals surface area (Å²) in [7, 11) is 0. The molecule has 120 valence electrons. The van der Waals surface area contributed by atoms with Crippen LogP contribution >= 0.6 is 0 Å². The Morgan fingerprint density at radius 1 is 1.26 bits per heavy atom. The van der Waals surface area contributed by atoms with Crippen LogP contribution in [0.1, 0.15) is 50.3 Å². The van der Waals surface area contributed by atoms with Gasteiger partial charge in [-0.05, 0) is 32.1 Å². The van der Waals surface area contributed by atoms with Crippen LogP contribution in [0.4, 0.5) is 5.82 Å². The maximum atomic E-state index is 11.9. The minimum atomic E-state index is -0.658. The van der Waals surface area contributed by atoms with Gasteiger partial charge in [0.25, 0.3) is 0 Å². The minimum Gasteiger partial charge on any atom is -0.481 e. The normalized spacial score (nSPS) is 30.1. The molecule has 2 aromatic heterocycles. The molecule has 3 heterocycles. The maximum absolute atomic E-state index is 11.9. The molecule has 1 N–H and O–H groups in total. The summed E-state index contributed by atoms with van der Waals surface area (Å²) in [5.41, 5.74) is 0.163. The number of carboxylic acids is 1. The van der Waals surface area contributed by atoms with Crippen molar-refractivity contribution < 1.29 is 9.90 Å². The summed E-state index contributed by atoms with van der Waals surface area (Å²) >= 11 is 0. The Morgan fingerprint density at radius 3 is 2.91 bits per heavy atom. The largest absolute Gasteiger partial charge is 0.481 e. The van der Waals surface area contributed by atoms with Crippen LogP contribution < -0.4 is 4.90 Å². The number of hydrogen-bond donors (Lipinski definition) is 1. The van der Waals surface area contributed by atoms with Gasteiger partial charge in [-0.25, -0.2) is 4.98 Å². The maximum Gasteiger partial charge on any atom is 0.311 e. The van der Waals surface area contributed by atoms with Crippen molar-refractivity contribution in [3.05, 3.63) is 18.2 Å². The zero-order valence-electron chi connectivity index (χ0n) is 12.9. The lowest BCUT2D eigenvalue weighted by Crippen LogP contribution is -2.41. The zero-order chi connectivity index (χ0) is 15.6. The minimum absolute atomic E-state index is 0.0276. The highest BCUT2D eigenvalue weighted by Gasteiger charge is 2.56. The molecule has 0 aromatic carbocycles. The fourth-order valence-corrected chi connectivity index (χ4v) is 4.54. The number of carbonyl (C=O) groups is 1. The first-order chi connectivity index (χ1) is 11.2. The van der Waals surface area contributed by atoms with E-state index in [-0.39, 0.29) is 6.04 Å².